The van der Waals surface area contributed by atoms with E-state index in [0.29, 0.717) is 11.4 Å². The molecule has 2 aliphatic rings. The van der Waals surface area contributed by atoms with Crippen LogP contribution in [0.15, 0.2) is 66.0 Å². The normalized spacial score (nSPS) is 17.0. The number of carbonyl (C=O) groups is 2. The van der Waals surface area contributed by atoms with E-state index < -0.39 is 0 Å². The van der Waals surface area contributed by atoms with Crippen molar-refractivity contribution in [3.8, 4) is 5.75 Å². The summed E-state index contributed by atoms with van der Waals surface area (Å²) in [5, 5.41) is 0. The molecule has 0 bridgehead atoms. The topological polar surface area (TPSA) is 53.1 Å². The first kappa shape index (κ1) is 20.0. The van der Waals surface area contributed by atoms with Crippen molar-refractivity contribution in [2.45, 2.75) is 25.8 Å². The highest BCUT2D eigenvalue weighted by Crippen LogP contribution is 2.32. The first-order valence-corrected chi connectivity index (χ1v) is 10.4. The van der Waals surface area contributed by atoms with Gasteiger partial charge in [-0.2, -0.15) is 0 Å². The van der Waals surface area contributed by atoms with Gasteiger partial charge < -0.3 is 14.5 Å². The Morgan fingerprint density at radius 2 is 1.57 bits per heavy atom. The second-order valence-corrected chi connectivity index (χ2v) is 7.68. The van der Waals surface area contributed by atoms with Gasteiger partial charge in [-0.1, -0.05) is 30.3 Å². The SMILES string of the molecule is COc1ccc(CN2C(=O)C(N3CCCCC3)=C(N(C)c3ccccc3)C2=O)cc1. The van der Waals surface area contributed by atoms with Crippen LogP contribution in [0.3, 0.4) is 0 Å². The lowest BCUT2D eigenvalue weighted by molar-refractivity contribution is -0.139. The fourth-order valence-electron chi connectivity index (χ4n) is 4.09. The van der Waals surface area contributed by atoms with Crippen molar-refractivity contribution in [2.24, 2.45) is 0 Å². The third-order valence-corrected chi connectivity index (χ3v) is 5.77. The van der Waals surface area contributed by atoms with Crippen molar-refractivity contribution in [2.75, 3.05) is 32.1 Å². The molecule has 0 spiro atoms. The number of imide groups is 1. The molecule has 0 unspecified atom stereocenters. The van der Waals surface area contributed by atoms with Crippen LogP contribution in [-0.2, 0) is 16.1 Å². The molecule has 2 aliphatic heterocycles. The summed E-state index contributed by atoms with van der Waals surface area (Å²) >= 11 is 0. The molecule has 6 heteroatoms. The molecule has 2 aromatic carbocycles. The number of methoxy groups -OCH3 is 1. The molecule has 0 aliphatic carbocycles. The number of carbonyl (C=O) groups excluding carboxylic acids is 2. The van der Waals surface area contributed by atoms with Gasteiger partial charge in [-0.25, -0.2) is 0 Å². The molecule has 0 radical (unpaired) electrons. The fraction of sp³-hybridized carbons (Fsp3) is 0.333. The van der Waals surface area contributed by atoms with Crippen LogP contribution in [0.25, 0.3) is 0 Å². The molecule has 0 atom stereocenters. The number of likely N-dealkylation sites (N-methyl/N-ethyl adjacent to an activating group) is 1. The number of hydrogen-bond acceptors (Lipinski definition) is 5. The van der Waals surface area contributed by atoms with E-state index in [4.69, 9.17) is 4.74 Å². The molecule has 0 N–H and O–H groups in total. The lowest BCUT2D eigenvalue weighted by Gasteiger charge is -2.30. The van der Waals surface area contributed by atoms with Crippen molar-refractivity contribution in [1.82, 2.24) is 9.80 Å². The smallest absolute Gasteiger partial charge is 0.280 e. The Morgan fingerprint density at radius 1 is 0.900 bits per heavy atom. The van der Waals surface area contributed by atoms with Gasteiger partial charge >= 0.3 is 0 Å². The molecule has 0 saturated carbocycles. The third kappa shape index (κ3) is 3.77. The highest BCUT2D eigenvalue weighted by atomic mass is 16.5. The lowest BCUT2D eigenvalue weighted by Crippen LogP contribution is -2.36. The maximum Gasteiger partial charge on any atom is 0.280 e. The number of likely N-dealkylation sites (tertiary alicyclic amines) is 1. The summed E-state index contributed by atoms with van der Waals surface area (Å²) in [7, 11) is 3.47. The number of para-hydroxylation sites is 1. The third-order valence-electron chi connectivity index (χ3n) is 5.77. The summed E-state index contributed by atoms with van der Waals surface area (Å²) in [6.45, 7) is 1.85. The van der Waals surface area contributed by atoms with Crippen LogP contribution >= 0.6 is 0 Å². The van der Waals surface area contributed by atoms with E-state index in [1.165, 1.54) is 4.90 Å². The zero-order valence-electron chi connectivity index (χ0n) is 17.5. The number of benzene rings is 2. The molecule has 0 aromatic heterocycles. The Bertz CT molecular complexity index is 947. The van der Waals surface area contributed by atoms with Crippen LogP contribution in [0.2, 0.25) is 0 Å². The first-order valence-electron chi connectivity index (χ1n) is 10.4. The predicted octanol–water partition coefficient (Wildman–Crippen LogP) is 3.40. The minimum absolute atomic E-state index is 0.213. The summed E-state index contributed by atoms with van der Waals surface area (Å²) in [6.07, 6.45) is 3.23. The average molecular weight is 405 g/mol. The standard InChI is InChI=1S/C24H27N3O3/c1-25(19-9-5-3-6-10-19)21-22(26-15-7-4-8-16-26)24(29)27(23(21)28)17-18-11-13-20(30-2)14-12-18/h3,5-6,9-14H,4,7-8,15-17H2,1-2H3. The van der Waals surface area contributed by atoms with Crippen LogP contribution in [0, 0.1) is 0 Å². The predicted molar refractivity (Wildman–Crippen MR) is 116 cm³/mol. The van der Waals surface area contributed by atoms with E-state index in [-0.39, 0.29) is 18.4 Å². The minimum Gasteiger partial charge on any atom is -0.497 e. The molecular weight excluding hydrogens is 378 g/mol. The molecule has 1 fully saturated rings. The minimum atomic E-state index is -0.247. The van der Waals surface area contributed by atoms with Gasteiger partial charge in [-0.05, 0) is 49.1 Å². The van der Waals surface area contributed by atoms with E-state index in [0.717, 1.165) is 49.4 Å². The van der Waals surface area contributed by atoms with E-state index in [1.807, 2.05) is 66.5 Å². The van der Waals surface area contributed by atoms with Gasteiger partial charge in [0.15, 0.2) is 0 Å². The average Bonchev–Trinajstić information content (AvgIpc) is 3.05. The Labute approximate surface area is 177 Å². The largest absolute Gasteiger partial charge is 0.497 e. The Morgan fingerprint density at radius 3 is 2.20 bits per heavy atom. The van der Waals surface area contributed by atoms with Gasteiger partial charge in [0.1, 0.15) is 17.1 Å². The summed E-state index contributed by atoms with van der Waals surface area (Å²) < 4.78 is 5.21. The van der Waals surface area contributed by atoms with E-state index in [9.17, 15) is 9.59 Å². The Kier molecular flexibility index (Phi) is 5.74. The number of piperidine rings is 1. The fourth-order valence-corrected chi connectivity index (χ4v) is 4.09. The van der Waals surface area contributed by atoms with Gasteiger partial charge in [-0.15, -0.1) is 0 Å². The van der Waals surface area contributed by atoms with Gasteiger partial charge in [0, 0.05) is 25.8 Å². The van der Waals surface area contributed by atoms with Crippen molar-refractivity contribution < 1.29 is 14.3 Å². The van der Waals surface area contributed by atoms with Crippen LogP contribution in [-0.4, -0.2) is 48.9 Å². The second-order valence-electron chi connectivity index (χ2n) is 7.68. The van der Waals surface area contributed by atoms with Gasteiger partial charge in [0.05, 0.1) is 13.7 Å². The molecule has 156 valence electrons. The maximum absolute atomic E-state index is 13.5. The second kappa shape index (κ2) is 8.61. The number of anilines is 1. The molecule has 30 heavy (non-hydrogen) atoms. The van der Waals surface area contributed by atoms with Crippen LogP contribution < -0.4 is 9.64 Å². The van der Waals surface area contributed by atoms with Crippen LogP contribution in [0.1, 0.15) is 24.8 Å². The zero-order valence-corrected chi connectivity index (χ0v) is 17.5. The van der Waals surface area contributed by atoms with Gasteiger partial charge in [0.25, 0.3) is 11.8 Å². The van der Waals surface area contributed by atoms with Crippen molar-refractivity contribution in [3.63, 3.8) is 0 Å². The Hall–Kier alpha value is -3.28. The molecule has 2 aromatic rings. The summed E-state index contributed by atoms with van der Waals surface area (Å²) in [4.78, 5) is 32.2. The first-order chi connectivity index (χ1) is 14.6. The van der Waals surface area contributed by atoms with Crippen molar-refractivity contribution >= 4 is 17.5 Å². The lowest BCUT2D eigenvalue weighted by atomic mass is 10.1. The molecule has 2 heterocycles. The molecule has 1 saturated heterocycles. The van der Waals surface area contributed by atoms with Crippen LogP contribution in [0.4, 0.5) is 5.69 Å². The van der Waals surface area contributed by atoms with E-state index in [2.05, 4.69) is 4.90 Å². The van der Waals surface area contributed by atoms with Crippen molar-refractivity contribution in [1.29, 1.82) is 0 Å². The van der Waals surface area contributed by atoms with E-state index in [1.54, 1.807) is 7.11 Å². The number of amides is 2. The monoisotopic (exact) mass is 405 g/mol. The number of hydrogen-bond donors (Lipinski definition) is 0. The summed E-state index contributed by atoms with van der Waals surface area (Å²) in [5.41, 5.74) is 2.76. The van der Waals surface area contributed by atoms with Crippen molar-refractivity contribution in [3.05, 3.63) is 71.6 Å². The molecule has 4 rings (SSSR count). The van der Waals surface area contributed by atoms with Crippen LogP contribution in [0.5, 0.6) is 5.75 Å². The maximum atomic E-state index is 13.5. The summed E-state index contributed by atoms with van der Waals surface area (Å²) in [5.74, 6) is 0.285. The number of nitrogens with zero attached hydrogens (tertiary/aromatic N) is 3. The molecule has 6 nitrogen and oxygen atoms in total. The van der Waals surface area contributed by atoms with Gasteiger partial charge in [-0.3, -0.25) is 14.5 Å². The summed E-state index contributed by atoms with van der Waals surface area (Å²) in [6, 6.07) is 17.2. The molecule has 2 amide bonds. The highest BCUT2D eigenvalue weighted by Gasteiger charge is 2.43. The Balaban J connectivity index is 1.67. The van der Waals surface area contributed by atoms with Gasteiger partial charge in [0.2, 0.25) is 0 Å². The number of ether oxygens (including phenoxy) is 1. The number of rotatable bonds is 6. The van der Waals surface area contributed by atoms with E-state index >= 15 is 0 Å². The molecular formula is C24H27N3O3. The quantitative estimate of drug-likeness (QED) is 0.690. The zero-order chi connectivity index (χ0) is 21.1. The highest BCUT2D eigenvalue weighted by molar-refractivity contribution is 6.20.